The third kappa shape index (κ3) is 2.73. The maximum atomic E-state index is 5.04. The number of nitrogens with two attached hydrogens (primary N) is 1. The molecule has 1 heterocycles. The minimum atomic E-state index is 0.542. The summed E-state index contributed by atoms with van der Waals surface area (Å²) in [6, 6.07) is 8.38. The lowest BCUT2D eigenvalue weighted by atomic mass is 10.1. The van der Waals surface area contributed by atoms with Gasteiger partial charge in [0.15, 0.2) is 0 Å². The topological polar surface area (TPSA) is 53.1 Å². The van der Waals surface area contributed by atoms with Crippen molar-refractivity contribution in [2.24, 2.45) is 5.90 Å². The molecule has 3 rings (SSSR count). The standard InChI is InChI=1S/C14H16BrN3O/c15-13-9-17-18(14(13)11-3-4-11)12-5-1-10(2-6-12)7-8-19-16/h1-2,5-6,9,11H,3-4,7-8,16H2. The number of hydrogen-bond acceptors (Lipinski definition) is 3. The second kappa shape index (κ2) is 5.45. The Hall–Kier alpha value is -1.17. The van der Waals surface area contributed by atoms with Gasteiger partial charge in [-0.25, -0.2) is 10.6 Å². The minimum absolute atomic E-state index is 0.542. The Kier molecular flexibility index (Phi) is 3.68. The van der Waals surface area contributed by atoms with Crippen LogP contribution < -0.4 is 5.90 Å². The summed E-state index contributed by atoms with van der Waals surface area (Å²) < 4.78 is 3.14. The maximum Gasteiger partial charge on any atom is 0.0719 e. The fourth-order valence-corrected chi connectivity index (χ4v) is 2.83. The highest BCUT2D eigenvalue weighted by atomic mass is 79.9. The quantitative estimate of drug-likeness (QED) is 0.861. The first-order chi connectivity index (χ1) is 9.29. The molecule has 0 bridgehead atoms. The Balaban J connectivity index is 1.86. The Labute approximate surface area is 120 Å². The third-order valence-corrected chi connectivity index (χ3v) is 4.02. The molecule has 1 aromatic carbocycles. The average molecular weight is 322 g/mol. The Morgan fingerprint density at radius 2 is 2.05 bits per heavy atom. The molecular formula is C14H16BrN3O. The van der Waals surface area contributed by atoms with Crippen LogP contribution in [-0.2, 0) is 11.3 Å². The lowest BCUT2D eigenvalue weighted by Crippen LogP contribution is -2.04. The van der Waals surface area contributed by atoms with Gasteiger partial charge in [0.25, 0.3) is 0 Å². The van der Waals surface area contributed by atoms with Crippen molar-refractivity contribution in [3.8, 4) is 5.69 Å². The predicted octanol–water partition coefficient (Wildman–Crippen LogP) is 2.95. The van der Waals surface area contributed by atoms with E-state index in [2.05, 4.69) is 50.1 Å². The summed E-state index contributed by atoms with van der Waals surface area (Å²) in [6.45, 7) is 0.542. The molecule has 19 heavy (non-hydrogen) atoms. The summed E-state index contributed by atoms with van der Waals surface area (Å²) in [7, 11) is 0. The zero-order valence-electron chi connectivity index (χ0n) is 10.6. The molecule has 0 unspecified atom stereocenters. The Morgan fingerprint density at radius 3 is 2.68 bits per heavy atom. The normalized spacial score (nSPS) is 14.8. The number of rotatable bonds is 5. The molecule has 1 aliphatic carbocycles. The lowest BCUT2D eigenvalue weighted by molar-refractivity contribution is 0.141. The zero-order chi connectivity index (χ0) is 13.2. The molecule has 1 saturated carbocycles. The number of benzene rings is 1. The predicted molar refractivity (Wildman–Crippen MR) is 77.1 cm³/mol. The van der Waals surface area contributed by atoms with E-state index in [-0.39, 0.29) is 0 Å². The smallest absolute Gasteiger partial charge is 0.0719 e. The van der Waals surface area contributed by atoms with Crippen LogP contribution in [0.5, 0.6) is 0 Å². The highest BCUT2D eigenvalue weighted by molar-refractivity contribution is 9.10. The van der Waals surface area contributed by atoms with E-state index in [1.54, 1.807) is 0 Å². The molecule has 5 heteroatoms. The summed E-state index contributed by atoms with van der Waals surface area (Å²) in [6.07, 6.45) is 5.23. The van der Waals surface area contributed by atoms with Crippen molar-refractivity contribution in [3.63, 3.8) is 0 Å². The molecule has 100 valence electrons. The van der Waals surface area contributed by atoms with E-state index in [0.717, 1.165) is 16.6 Å². The van der Waals surface area contributed by atoms with Gasteiger partial charge < -0.3 is 4.84 Å². The fraction of sp³-hybridized carbons (Fsp3) is 0.357. The first kappa shape index (κ1) is 12.8. The van der Waals surface area contributed by atoms with E-state index in [1.165, 1.54) is 24.1 Å². The summed E-state index contributed by atoms with van der Waals surface area (Å²) in [5.41, 5.74) is 3.61. The van der Waals surface area contributed by atoms with Crippen molar-refractivity contribution >= 4 is 15.9 Å². The van der Waals surface area contributed by atoms with Crippen molar-refractivity contribution < 1.29 is 4.84 Å². The SMILES string of the molecule is NOCCc1ccc(-n2ncc(Br)c2C2CC2)cc1. The summed E-state index contributed by atoms with van der Waals surface area (Å²) in [4.78, 5) is 4.60. The Bertz CT molecular complexity index is 561. The molecule has 0 amide bonds. The molecule has 1 aliphatic rings. The van der Waals surface area contributed by atoms with E-state index < -0.39 is 0 Å². The molecule has 2 N–H and O–H groups in total. The molecular weight excluding hydrogens is 306 g/mol. The molecule has 0 aliphatic heterocycles. The van der Waals surface area contributed by atoms with Gasteiger partial charge in [-0.3, -0.25) is 0 Å². The highest BCUT2D eigenvalue weighted by Gasteiger charge is 2.30. The number of aromatic nitrogens is 2. The zero-order valence-corrected chi connectivity index (χ0v) is 12.1. The molecule has 0 saturated heterocycles. The molecule has 0 radical (unpaired) electrons. The van der Waals surface area contributed by atoms with Gasteiger partial charge in [-0.1, -0.05) is 12.1 Å². The van der Waals surface area contributed by atoms with E-state index in [0.29, 0.717) is 12.5 Å². The van der Waals surface area contributed by atoms with Crippen LogP contribution in [0.1, 0.15) is 30.0 Å². The second-order valence-corrected chi connectivity index (χ2v) is 5.71. The lowest BCUT2D eigenvalue weighted by Gasteiger charge is -2.08. The summed E-state index contributed by atoms with van der Waals surface area (Å²) >= 11 is 3.59. The monoisotopic (exact) mass is 321 g/mol. The van der Waals surface area contributed by atoms with Gasteiger partial charge >= 0.3 is 0 Å². The summed E-state index contributed by atoms with van der Waals surface area (Å²) in [5.74, 6) is 5.70. The molecule has 4 nitrogen and oxygen atoms in total. The van der Waals surface area contributed by atoms with Gasteiger partial charge in [0, 0.05) is 5.92 Å². The molecule has 1 aromatic heterocycles. The van der Waals surface area contributed by atoms with Crippen LogP contribution in [0.4, 0.5) is 0 Å². The van der Waals surface area contributed by atoms with Gasteiger partial charge in [0.1, 0.15) is 0 Å². The fourth-order valence-electron chi connectivity index (χ4n) is 2.25. The van der Waals surface area contributed by atoms with Crippen molar-refractivity contribution in [3.05, 3.63) is 46.2 Å². The average Bonchev–Trinajstić information content (AvgIpc) is 3.20. The summed E-state index contributed by atoms with van der Waals surface area (Å²) in [5, 5.41) is 4.46. The molecule has 1 fully saturated rings. The third-order valence-electron chi connectivity index (χ3n) is 3.41. The Morgan fingerprint density at radius 1 is 1.32 bits per heavy atom. The van der Waals surface area contributed by atoms with Crippen LogP contribution in [0.3, 0.4) is 0 Å². The number of nitrogens with zero attached hydrogens (tertiary/aromatic N) is 2. The maximum absolute atomic E-state index is 5.04. The van der Waals surface area contributed by atoms with E-state index in [1.807, 2.05) is 10.9 Å². The number of halogens is 1. The highest BCUT2D eigenvalue weighted by Crippen LogP contribution is 2.43. The van der Waals surface area contributed by atoms with Crippen molar-refractivity contribution in [2.45, 2.75) is 25.2 Å². The van der Waals surface area contributed by atoms with Crippen LogP contribution in [0.15, 0.2) is 34.9 Å². The van der Waals surface area contributed by atoms with E-state index in [4.69, 9.17) is 5.90 Å². The van der Waals surface area contributed by atoms with Crippen molar-refractivity contribution in [2.75, 3.05) is 6.61 Å². The largest absolute Gasteiger partial charge is 0.304 e. The van der Waals surface area contributed by atoms with Gasteiger partial charge in [0.2, 0.25) is 0 Å². The molecule has 2 aromatic rings. The van der Waals surface area contributed by atoms with Crippen LogP contribution in [0.2, 0.25) is 0 Å². The van der Waals surface area contributed by atoms with Crippen molar-refractivity contribution in [1.29, 1.82) is 0 Å². The van der Waals surface area contributed by atoms with Gasteiger partial charge in [-0.05, 0) is 52.9 Å². The number of hydrogen-bond donors (Lipinski definition) is 1. The first-order valence-corrected chi connectivity index (χ1v) is 7.23. The van der Waals surface area contributed by atoms with Crippen LogP contribution in [0.25, 0.3) is 5.69 Å². The van der Waals surface area contributed by atoms with Gasteiger partial charge in [0.05, 0.1) is 28.7 Å². The van der Waals surface area contributed by atoms with Crippen LogP contribution in [-0.4, -0.2) is 16.4 Å². The van der Waals surface area contributed by atoms with Crippen LogP contribution in [0, 0.1) is 0 Å². The van der Waals surface area contributed by atoms with E-state index >= 15 is 0 Å². The molecule has 0 atom stereocenters. The van der Waals surface area contributed by atoms with Gasteiger partial charge in [-0.15, -0.1) is 0 Å². The second-order valence-electron chi connectivity index (χ2n) is 4.85. The minimum Gasteiger partial charge on any atom is -0.304 e. The van der Waals surface area contributed by atoms with Crippen LogP contribution >= 0.6 is 15.9 Å². The van der Waals surface area contributed by atoms with Crippen molar-refractivity contribution in [1.82, 2.24) is 9.78 Å². The molecule has 0 spiro atoms. The first-order valence-electron chi connectivity index (χ1n) is 6.44. The van der Waals surface area contributed by atoms with E-state index in [9.17, 15) is 0 Å². The van der Waals surface area contributed by atoms with Gasteiger partial charge in [-0.2, -0.15) is 5.10 Å².